The van der Waals surface area contributed by atoms with Crippen LogP contribution in [0.15, 0.2) is 48.5 Å². The molecule has 1 unspecified atom stereocenters. The first-order valence-corrected chi connectivity index (χ1v) is 6.90. The lowest BCUT2D eigenvalue weighted by atomic mass is 10.1. The minimum Gasteiger partial charge on any atom is -0.489 e. The molecular weight excluding hydrogens is 266 g/mol. The number of carboxylic acids is 1. The SMILES string of the molecule is CCC(N)c1ccc(OCc2ccc(C(=O)O)cc2)cc1. The van der Waals surface area contributed by atoms with Gasteiger partial charge in [-0.15, -0.1) is 0 Å². The Morgan fingerprint density at radius 3 is 2.29 bits per heavy atom. The van der Waals surface area contributed by atoms with Crippen LogP contribution < -0.4 is 10.5 Å². The Balaban J connectivity index is 1.95. The Morgan fingerprint density at radius 2 is 1.76 bits per heavy atom. The second-order valence-corrected chi connectivity index (χ2v) is 4.87. The van der Waals surface area contributed by atoms with Crippen molar-refractivity contribution in [1.29, 1.82) is 0 Å². The van der Waals surface area contributed by atoms with Crippen molar-refractivity contribution in [2.75, 3.05) is 0 Å². The molecule has 0 fully saturated rings. The van der Waals surface area contributed by atoms with E-state index in [1.54, 1.807) is 24.3 Å². The number of carbonyl (C=O) groups is 1. The highest BCUT2D eigenvalue weighted by Gasteiger charge is 2.04. The fourth-order valence-corrected chi connectivity index (χ4v) is 1.96. The van der Waals surface area contributed by atoms with E-state index in [1.807, 2.05) is 24.3 Å². The molecule has 1 atom stereocenters. The van der Waals surface area contributed by atoms with Crippen LogP contribution in [0.5, 0.6) is 5.75 Å². The molecule has 2 rings (SSSR count). The van der Waals surface area contributed by atoms with Crippen molar-refractivity contribution in [3.8, 4) is 5.75 Å². The lowest BCUT2D eigenvalue weighted by molar-refractivity contribution is 0.0697. The van der Waals surface area contributed by atoms with Gasteiger partial charge < -0.3 is 15.6 Å². The van der Waals surface area contributed by atoms with Gasteiger partial charge in [0.2, 0.25) is 0 Å². The molecule has 3 N–H and O–H groups in total. The quantitative estimate of drug-likeness (QED) is 0.853. The first kappa shape index (κ1) is 15.1. The third-order valence-electron chi connectivity index (χ3n) is 3.35. The minimum atomic E-state index is -0.926. The molecule has 0 aliphatic carbocycles. The normalized spacial score (nSPS) is 11.9. The van der Waals surface area contributed by atoms with Gasteiger partial charge in [-0.3, -0.25) is 0 Å². The second-order valence-electron chi connectivity index (χ2n) is 4.87. The maximum Gasteiger partial charge on any atom is 0.335 e. The Bertz CT molecular complexity index is 590. The second kappa shape index (κ2) is 6.90. The predicted molar refractivity (Wildman–Crippen MR) is 81.4 cm³/mol. The molecule has 110 valence electrons. The summed E-state index contributed by atoms with van der Waals surface area (Å²) in [5.74, 6) is -0.158. The molecule has 4 heteroatoms. The van der Waals surface area contributed by atoms with Crippen molar-refractivity contribution in [2.24, 2.45) is 5.73 Å². The third kappa shape index (κ3) is 4.07. The maximum atomic E-state index is 10.8. The molecule has 4 nitrogen and oxygen atoms in total. The number of nitrogens with two attached hydrogens (primary N) is 1. The van der Waals surface area contributed by atoms with Crippen molar-refractivity contribution < 1.29 is 14.6 Å². The summed E-state index contributed by atoms with van der Waals surface area (Å²) in [6.45, 7) is 2.45. The van der Waals surface area contributed by atoms with Gasteiger partial charge in [-0.05, 0) is 41.8 Å². The summed E-state index contributed by atoms with van der Waals surface area (Å²) in [6.07, 6.45) is 0.899. The van der Waals surface area contributed by atoms with Crippen LogP contribution in [0, 0.1) is 0 Å². The molecule has 0 saturated heterocycles. The Labute approximate surface area is 124 Å². The minimum absolute atomic E-state index is 0.0580. The zero-order valence-electron chi connectivity index (χ0n) is 12.0. The monoisotopic (exact) mass is 285 g/mol. The van der Waals surface area contributed by atoms with E-state index in [0.29, 0.717) is 6.61 Å². The standard InChI is InChI=1S/C17H19NO3/c1-2-16(18)13-7-9-15(10-8-13)21-11-12-3-5-14(6-4-12)17(19)20/h3-10,16H,2,11,18H2,1H3,(H,19,20). The van der Waals surface area contributed by atoms with E-state index in [0.717, 1.165) is 23.3 Å². The van der Waals surface area contributed by atoms with Gasteiger partial charge in [0.25, 0.3) is 0 Å². The van der Waals surface area contributed by atoms with Crippen LogP contribution in [0.2, 0.25) is 0 Å². The Morgan fingerprint density at radius 1 is 1.14 bits per heavy atom. The van der Waals surface area contributed by atoms with Gasteiger partial charge in [-0.2, -0.15) is 0 Å². The highest BCUT2D eigenvalue weighted by atomic mass is 16.5. The van der Waals surface area contributed by atoms with Crippen LogP contribution in [-0.4, -0.2) is 11.1 Å². The number of aromatic carboxylic acids is 1. The molecular formula is C17H19NO3. The molecule has 0 aromatic heterocycles. The first-order valence-electron chi connectivity index (χ1n) is 6.90. The molecule has 2 aromatic rings. The zero-order valence-corrected chi connectivity index (χ0v) is 12.0. The summed E-state index contributed by atoms with van der Waals surface area (Å²) in [5.41, 5.74) is 8.25. The van der Waals surface area contributed by atoms with Gasteiger partial charge in [0.05, 0.1) is 5.56 Å². The third-order valence-corrected chi connectivity index (χ3v) is 3.35. The summed E-state index contributed by atoms with van der Waals surface area (Å²) in [4.78, 5) is 10.8. The van der Waals surface area contributed by atoms with Crippen LogP contribution in [0.1, 0.15) is 40.9 Å². The topological polar surface area (TPSA) is 72.5 Å². The maximum absolute atomic E-state index is 10.8. The van der Waals surface area contributed by atoms with Crippen molar-refractivity contribution in [2.45, 2.75) is 26.0 Å². The smallest absolute Gasteiger partial charge is 0.335 e. The first-order chi connectivity index (χ1) is 10.1. The molecule has 0 aliphatic heterocycles. The van der Waals surface area contributed by atoms with E-state index in [-0.39, 0.29) is 11.6 Å². The summed E-state index contributed by atoms with van der Waals surface area (Å²) >= 11 is 0. The number of rotatable bonds is 6. The number of ether oxygens (including phenoxy) is 1. The van der Waals surface area contributed by atoms with Crippen LogP contribution in [-0.2, 0) is 6.61 Å². The van der Waals surface area contributed by atoms with Gasteiger partial charge in [-0.1, -0.05) is 31.2 Å². The van der Waals surface area contributed by atoms with Gasteiger partial charge >= 0.3 is 5.97 Å². The Hall–Kier alpha value is -2.33. The number of benzene rings is 2. The summed E-state index contributed by atoms with van der Waals surface area (Å²) < 4.78 is 5.67. The molecule has 0 amide bonds. The fraction of sp³-hybridized carbons (Fsp3) is 0.235. The summed E-state index contributed by atoms with van der Waals surface area (Å²) in [6, 6.07) is 14.5. The van der Waals surface area contributed by atoms with Crippen molar-refractivity contribution in [3.63, 3.8) is 0 Å². The van der Waals surface area contributed by atoms with Gasteiger partial charge in [0, 0.05) is 6.04 Å². The molecule has 0 saturated carbocycles. The van der Waals surface area contributed by atoms with Crippen LogP contribution >= 0.6 is 0 Å². The number of hydrogen-bond donors (Lipinski definition) is 2. The van der Waals surface area contributed by atoms with Gasteiger partial charge in [0.15, 0.2) is 0 Å². The van der Waals surface area contributed by atoms with E-state index in [2.05, 4.69) is 6.92 Å². The molecule has 0 radical (unpaired) electrons. The zero-order chi connectivity index (χ0) is 15.2. The van der Waals surface area contributed by atoms with E-state index in [9.17, 15) is 4.79 Å². The highest BCUT2D eigenvalue weighted by Crippen LogP contribution is 2.19. The van der Waals surface area contributed by atoms with E-state index >= 15 is 0 Å². The molecule has 0 aliphatic rings. The average molecular weight is 285 g/mol. The molecule has 0 spiro atoms. The lowest BCUT2D eigenvalue weighted by Crippen LogP contribution is -2.08. The summed E-state index contributed by atoms with van der Waals surface area (Å²) in [7, 11) is 0. The van der Waals surface area contributed by atoms with E-state index < -0.39 is 5.97 Å². The molecule has 0 bridgehead atoms. The lowest BCUT2D eigenvalue weighted by Gasteiger charge is -2.11. The van der Waals surface area contributed by atoms with Crippen molar-refractivity contribution in [3.05, 3.63) is 65.2 Å². The van der Waals surface area contributed by atoms with Crippen LogP contribution in [0.25, 0.3) is 0 Å². The number of hydrogen-bond acceptors (Lipinski definition) is 3. The van der Waals surface area contributed by atoms with Gasteiger partial charge in [0.1, 0.15) is 12.4 Å². The molecule has 0 heterocycles. The largest absolute Gasteiger partial charge is 0.489 e. The van der Waals surface area contributed by atoms with E-state index in [1.165, 1.54) is 0 Å². The van der Waals surface area contributed by atoms with Crippen molar-refractivity contribution >= 4 is 5.97 Å². The average Bonchev–Trinajstić information content (AvgIpc) is 2.53. The number of carboxylic acid groups (broad SMARTS) is 1. The van der Waals surface area contributed by atoms with Crippen molar-refractivity contribution in [1.82, 2.24) is 0 Å². The fourth-order valence-electron chi connectivity index (χ4n) is 1.96. The van der Waals surface area contributed by atoms with E-state index in [4.69, 9.17) is 15.6 Å². The highest BCUT2D eigenvalue weighted by molar-refractivity contribution is 5.87. The predicted octanol–water partition coefficient (Wildman–Crippen LogP) is 3.37. The Kier molecular flexibility index (Phi) is 4.95. The summed E-state index contributed by atoms with van der Waals surface area (Å²) in [5, 5.41) is 8.83. The molecule has 21 heavy (non-hydrogen) atoms. The van der Waals surface area contributed by atoms with Gasteiger partial charge in [-0.25, -0.2) is 4.79 Å². The van der Waals surface area contributed by atoms with Crippen LogP contribution in [0.4, 0.5) is 0 Å². The molecule has 2 aromatic carbocycles. The van der Waals surface area contributed by atoms with Crippen LogP contribution in [0.3, 0.4) is 0 Å².